The molecule has 0 fully saturated rings. The van der Waals surface area contributed by atoms with Crippen LogP contribution in [0.3, 0.4) is 0 Å². The van der Waals surface area contributed by atoms with Gasteiger partial charge in [0.05, 0.1) is 0 Å². The highest BCUT2D eigenvalue weighted by atomic mass is 28.2. The molecule has 0 saturated heterocycles. The average molecular weight is 216 g/mol. The molecule has 0 radical (unpaired) electrons. The number of benzene rings is 1. The van der Waals surface area contributed by atoms with Crippen LogP contribution in [-0.2, 0) is 0 Å². The third-order valence-electron chi connectivity index (χ3n) is 2.21. The van der Waals surface area contributed by atoms with Crippen LogP contribution in [0.15, 0.2) is 41.6 Å². The summed E-state index contributed by atoms with van der Waals surface area (Å²) in [5.41, 5.74) is 3.98. The fourth-order valence-electron chi connectivity index (χ4n) is 1.11. The molecule has 0 amide bonds. The predicted molar refractivity (Wildman–Crippen MR) is 67.2 cm³/mol. The fourth-order valence-corrected chi connectivity index (χ4v) is 1.89. The minimum Gasteiger partial charge on any atom is -0.376 e. The van der Waals surface area contributed by atoms with Crippen molar-refractivity contribution < 1.29 is 5.11 Å². The van der Waals surface area contributed by atoms with Gasteiger partial charge in [-0.25, -0.2) is 0 Å². The number of allylic oxidation sites excluding steroid dienone is 2. The Hall–Kier alpha value is -1.30. The highest BCUT2D eigenvalue weighted by Gasteiger charge is 2.00. The van der Waals surface area contributed by atoms with E-state index in [0.29, 0.717) is 0 Å². The van der Waals surface area contributed by atoms with Crippen LogP contribution in [0.5, 0.6) is 0 Å². The van der Waals surface area contributed by atoms with Crippen molar-refractivity contribution in [2.24, 2.45) is 0 Å². The summed E-state index contributed by atoms with van der Waals surface area (Å²) < 4.78 is 0. The van der Waals surface area contributed by atoms with Crippen LogP contribution in [0.25, 0.3) is 0 Å². The quantitative estimate of drug-likeness (QED) is 0.590. The Bertz CT molecular complexity index is 384. The molecule has 78 valence electrons. The number of rotatable bonds is 2. The number of hydrogen-bond acceptors (Lipinski definition) is 1. The largest absolute Gasteiger partial charge is 0.376 e. The Labute approximate surface area is 93.7 Å². The number of aliphatic hydroxyl groups excluding tert-OH is 1. The fraction of sp³-hybridized carbons (Fsp3) is 0.231. The molecule has 1 nitrogen and oxygen atoms in total. The molecule has 0 aromatic heterocycles. The second-order valence-electron chi connectivity index (χ2n) is 3.45. The van der Waals surface area contributed by atoms with Gasteiger partial charge < -0.3 is 5.11 Å². The molecule has 1 rings (SSSR count). The Morgan fingerprint density at radius 1 is 1.40 bits per heavy atom. The summed E-state index contributed by atoms with van der Waals surface area (Å²) in [7, 11) is -0.472. The summed E-state index contributed by atoms with van der Waals surface area (Å²) in [4.78, 5) is 0. The molecule has 0 aliphatic rings. The van der Waals surface area contributed by atoms with Crippen molar-refractivity contribution in [3.63, 3.8) is 0 Å². The van der Waals surface area contributed by atoms with Crippen LogP contribution in [0.2, 0.25) is 0 Å². The van der Waals surface area contributed by atoms with Gasteiger partial charge in [0.15, 0.2) is 0 Å². The summed E-state index contributed by atoms with van der Waals surface area (Å²) in [6, 6.07) is 9.54. The first-order valence-corrected chi connectivity index (χ1v) is 6.48. The maximum atomic E-state index is 9.74. The Kier molecular flexibility index (Phi) is 4.89. The van der Waals surface area contributed by atoms with E-state index in [2.05, 4.69) is 24.5 Å². The zero-order chi connectivity index (χ0) is 11.1. The molecule has 1 N–H and O–H groups in total. The van der Waals surface area contributed by atoms with Crippen LogP contribution < -0.4 is 0 Å². The lowest BCUT2D eigenvalue weighted by Crippen LogP contribution is -1.95. The van der Waals surface area contributed by atoms with Crippen molar-refractivity contribution in [1.82, 2.24) is 0 Å². The molecular weight excluding hydrogens is 200 g/mol. The maximum absolute atomic E-state index is 9.74. The highest BCUT2D eigenvalue weighted by molar-refractivity contribution is 6.54. The van der Waals surface area contributed by atoms with E-state index in [1.54, 1.807) is 0 Å². The van der Waals surface area contributed by atoms with Gasteiger partial charge in [-0.2, -0.15) is 0 Å². The number of hydrogen-bond donors (Lipinski definition) is 1. The van der Waals surface area contributed by atoms with Crippen LogP contribution in [0.4, 0.5) is 0 Å². The van der Waals surface area contributed by atoms with Crippen molar-refractivity contribution in [2.45, 2.75) is 20.0 Å². The Morgan fingerprint density at radius 2 is 2.07 bits per heavy atom. The van der Waals surface area contributed by atoms with E-state index in [1.807, 2.05) is 37.3 Å². The van der Waals surface area contributed by atoms with E-state index in [-0.39, 0.29) is 0 Å². The molecule has 0 aliphatic heterocycles. The Morgan fingerprint density at radius 3 is 2.67 bits per heavy atom. The molecule has 2 heteroatoms. The summed E-state index contributed by atoms with van der Waals surface area (Å²) in [6.45, 7) is 4.12. The molecule has 1 atom stereocenters. The van der Waals surface area contributed by atoms with Gasteiger partial charge in [0.2, 0.25) is 0 Å². The van der Waals surface area contributed by atoms with Gasteiger partial charge in [0.25, 0.3) is 0 Å². The van der Waals surface area contributed by atoms with Gasteiger partial charge in [0, 0.05) is 0 Å². The molecule has 1 aromatic rings. The molecule has 0 aliphatic carbocycles. The first kappa shape index (κ1) is 11.8. The van der Waals surface area contributed by atoms with Crippen LogP contribution in [-0.4, -0.2) is 14.6 Å². The van der Waals surface area contributed by atoms with Crippen molar-refractivity contribution >= 4 is 9.52 Å². The van der Waals surface area contributed by atoms with Gasteiger partial charge in [-0.1, -0.05) is 47.5 Å². The third-order valence-corrected chi connectivity index (χ3v) is 3.56. The van der Waals surface area contributed by atoms with Gasteiger partial charge in [-0.15, -0.1) is 5.54 Å². The second-order valence-corrected chi connectivity index (χ2v) is 5.27. The van der Waals surface area contributed by atoms with Gasteiger partial charge in [-0.05, 0) is 19.4 Å². The van der Waals surface area contributed by atoms with Crippen molar-refractivity contribution in [1.29, 1.82) is 0 Å². The first-order valence-electron chi connectivity index (χ1n) is 5.07. The smallest absolute Gasteiger partial charge is 0.139 e. The lowest BCUT2D eigenvalue weighted by atomic mass is 10.1. The summed E-state index contributed by atoms with van der Waals surface area (Å²) >= 11 is 0. The van der Waals surface area contributed by atoms with Crippen LogP contribution in [0.1, 0.15) is 25.5 Å². The predicted octanol–water partition coefficient (Wildman–Crippen LogP) is 1.77. The van der Waals surface area contributed by atoms with Crippen molar-refractivity contribution in [3.8, 4) is 11.5 Å². The molecule has 0 saturated carbocycles. The van der Waals surface area contributed by atoms with E-state index in [1.165, 1.54) is 5.20 Å². The molecule has 0 spiro atoms. The SMILES string of the molecule is CC=C(C)[SiH2]C#CC(O)c1ccccc1. The van der Waals surface area contributed by atoms with E-state index in [0.717, 1.165) is 5.56 Å². The minimum absolute atomic E-state index is 0.472. The molecule has 1 aromatic carbocycles. The maximum Gasteiger partial charge on any atom is 0.139 e. The summed E-state index contributed by atoms with van der Waals surface area (Å²) in [5, 5.41) is 11.1. The molecular formula is C13H16OSi. The normalized spacial score (nSPS) is 13.7. The lowest BCUT2D eigenvalue weighted by molar-refractivity contribution is 0.238. The standard InChI is InChI=1S/C13H16OSi/c1-3-11(2)15-10-9-13(14)12-7-5-4-6-8-12/h3-8,13-14H,15H2,1-2H3. The van der Waals surface area contributed by atoms with E-state index < -0.39 is 15.6 Å². The zero-order valence-corrected chi connectivity index (χ0v) is 10.6. The van der Waals surface area contributed by atoms with Crippen LogP contribution >= 0.6 is 0 Å². The molecule has 1 unspecified atom stereocenters. The first-order chi connectivity index (χ1) is 7.24. The minimum atomic E-state index is -0.636. The molecule has 0 heterocycles. The monoisotopic (exact) mass is 216 g/mol. The summed E-state index contributed by atoms with van der Waals surface area (Å²) in [5.74, 6) is 2.89. The van der Waals surface area contributed by atoms with E-state index in [9.17, 15) is 5.11 Å². The Balaban J connectivity index is 2.60. The topological polar surface area (TPSA) is 20.2 Å². The van der Waals surface area contributed by atoms with Gasteiger partial charge >= 0.3 is 0 Å². The van der Waals surface area contributed by atoms with E-state index >= 15 is 0 Å². The average Bonchev–Trinajstić information content (AvgIpc) is 2.29. The van der Waals surface area contributed by atoms with Crippen molar-refractivity contribution in [3.05, 3.63) is 47.2 Å². The highest BCUT2D eigenvalue weighted by Crippen LogP contribution is 2.09. The number of aliphatic hydroxyl groups is 1. The van der Waals surface area contributed by atoms with Gasteiger partial charge in [-0.3, -0.25) is 0 Å². The van der Waals surface area contributed by atoms with Crippen molar-refractivity contribution in [2.75, 3.05) is 0 Å². The van der Waals surface area contributed by atoms with Crippen LogP contribution in [0, 0.1) is 11.5 Å². The van der Waals surface area contributed by atoms with Gasteiger partial charge in [0.1, 0.15) is 15.6 Å². The zero-order valence-electron chi connectivity index (χ0n) is 9.20. The van der Waals surface area contributed by atoms with E-state index in [4.69, 9.17) is 0 Å². The molecule has 15 heavy (non-hydrogen) atoms. The second kappa shape index (κ2) is 6.23. The third kappa shape index (κ3) is 4.16. The molecule has 0 bridgehead atoms. The summed E-state index contributed by atoms with van der Waals surface area (Å²) in [6.07, 6.45) is 1.46. The lowest BCUT2D eigenvalue weighted by Gasteiger charge is -2.01.